The van der Waals surface area contributed by atoms with Gasteiger partial charge in [-0.15, -0.1) is 6.58 Å². The molecule has 1 amide bonds. The van der Waals surface area contributed by atoms with Crippen molar-refractivity contribution in [3.63, 3.8) is 0 Å². The van der Waals surface area contributed by atoms with E-state index in [0.717, 1.165) is 5.56 Å². The van der Waals surface area contributed by atoms with E-state index in [4.69, 9.17) is 0 Å². The number of hydrogen-bond donors (Lipinski definition) is 0. The van der Waals surface area contributed by atoms with Crippen LogP contribution in [0.15, 0.2) is 43.0 Å². The third-order valence-electron chi connectivity index (χ3n) is 2.74. The van der Waals surface area contributed by atoms with E-state index < -0.39 is 5.92 Å². The number of benzene rings is 1. The third kappa shape index (κ3) is 3.21. The first-order valence-electron chi connectivity index (χ1n) is 5.97. The van der Waals surface area contributed by atoms with Gasteiger partial charge >= 0.3 is 0 Å². The lowest BCUT2D eigenvalue weighted by Gasteiger charge is -2.27. The number of carbonyl (C=O) groups is 1. The van der Waals surface area contributed by atoms with Crippen LogP contribution in [0.1, 0.15) is 25.3 Å². The Kier molecular flexibility index (Phi) is 5.13. The summed E-state index contributed by atoms with van der Waals surface area (Å²) >= 11 is 0. The van der Waals surface area contributed by atoms with Gasteiger partial charge < -0.3 is 4.90 Å². The molecule has 0 saturated carbocycles. The van der Waals surface area contributed by atoms with Crippen LogP contribution in [0.3, 0.4) is 0 Å². The predicted molar refractivity (Wildman–Crippen MR) is 71.8 cm³/mol. The molecule has 0 radical (unpaired) electrons. The lowest BCUT2D eigenvalue weighted by molar-refractivity contribution is -0.132. The van der Waals surface area contributed by atoms with E-state index in [1.165, 1.54) is 0 Å². The van der Waals surface area contributed by atoms with E-state index in [9.17, 15) is 10.1 Å². The molecule has 94 valence electrons. The zero-order chi connectivity index (χ0) is 13.5. The number of nitrogens with zero attached hydrogens (tertiary/aromatic N) is 2. The molecule has 1 unspecified atom stereocenters. The molecular formula is C15H18N2O. The third-order valence-corrected chi connectivity index (χ3v) is 2.74. The molecule has 0 saturated heterocycles. The number of rotatable bonds is 5. The van der Waals surface area contributed by atoms with Gasteiger partial charge in [-0.25, -0.2) is 0 Å². The molecule has 0 aliphatic carbocycles. The smallest absolute Gasteiger partial charge is 0.244 e. The Morgan fingerprint density at radius 2 is 2.06 bits per heavy atom. The summed E-state index contributed by atoms with van der Waals surface area (Å²) in [5, 5.41) is 9.23. The minimum atomic E-state index is -0.742. The maximum absolute atomic E-state index is 12.4. The highest BCUT2D eigenvalue weighted by molar-refractivity contribution is 5.86. The van der Waals surface area contributed by atoms with Gasteiger partial charge in [0.25, 0.3) is 0 Å². The Balaban J connectivity index is 2.99. The summed E-state index contributed by atoms with van der Waals surface area (Å²) in [5.41, 5.74) is 0.736. The molecule has 1 aromatic rings. The van der Waals surface area contributed by atoms with Gasteiger partial charge in [0.05, 0.1) is 6.07 Å². The Bertz CT molecular complexity index is 445. The van der Waals surface area contributed by atoms with Crippen molar-refractivity contribution < 1.29 is 4.79 Å². The van der Waals surface area contributed by atoms with E-state index in [1.807, 2.05) is 32.0 Å². The molecule has 0 aromatic heterocycles. The van der Waals surface area contributed by atoms with Crippen LogP contribution < -0.4 is 0 Å². The summed E-state index contributed by atoms with van der Waals surface area (Å²) in [7, 11) is 0. The molecule has 1 atom stereocenters. The SMILES string of the molecule is C=CCN(C(=O)C(C#N)c1ccccc1)C(C)C. The highest BCUT2D eigenvalue weighted by atomic mass is 16.2. The molecule has 0 N–H and O–H groups in total. The van der Waals surface area contributed by atoms with Crippen LogP contribution in [-0.2, 0) is 4.79 Å². The van der Waals surface area contributed by atoms with E-state index >= 15 is 0 Å². The summed E-state index contributed by atoms with van der Waals surface area (Å²) in [6.45, 7) is 7.97. The maximum atomic E-state index is 12.4. The van der Waals surface area contributed by atoms with E-state index in [1.54, 1.807) is 23.1 Å². The normalized spacial score (nSPS) is 11.7. The summed E-state index contributed by atoms with van der Waals surface area (Å²) < 4.78 is 0. The average Bonchev–Trinajstić information content (AvgIpc) is 2.37. The van der Waals surface area contributed by atoms with E-state index in [-0.39, 0.29) is 11.9 Å². The predicted octanol–water partition coefficient (Wildman–Crippen LogP) is 2.72. The second kappa shape index (κ2) is 6.61. The van der Waals surface area contributed by atoms with Crippen molar-refractivity contribution >= 4 is 5.91 Å². The highest BCUT2D eigenvalue weighted by Gasteiger charge is 2.26. The van der Waals surface area contributed by atoms with Gasteiger partial charge in [-0.3, -0.25) is 4.79 Å². The van der Waals surface area contributed by atoms with Crippen LogP contribution in [0.4, 0.5) is 0 Å². The van der Waals surface area contributed by atoms with Crippen LogP contribution in [0.5, 0.6) is 0 Å². The minimum absolute atomic E-state index is 0.0510. The van der Waals surface area contributed by atoms with Gasteiger partial charge in [0.2, 0.25) is 5.91 Å². The molecule has 1 aromatic carbocycles. The van der Waals surface area contributed by atoms with Gasteiger partial charge in [-0.05, 0) is 19.4 Å². The monoisotopic (exact) mass is 242 g/mol. The van der Waals surface area contributed by atoms with Crippen LogP contribution in [0.25, 0.3) is 0 Å². The molecule has 18 heavy (non-hydrogen) atoms. The highest BCUT2D eigenvalue weighted by Crippen LogP contribution is 2.18. The van der Waals surface area contributed by atoms with Gasteiger partial charge in [0.1, 0.15) is 5.92 Å². The first kappa shape index (κ1) is 14.0. The van der Waals surface area contributed by atoms with Crippen molar-refractivity contribution in [2.75, 3.05) is 6.54 Å². The van der Waals surface area contributed by atoms with Gasteiger partial charge in [0, 0.05) is 12.6 Å². The first-order chi connectivity index (χ1) is 8.61. The molecule has 0 aliphatic rings. The Hall–Kier alpha value is -2.08. The summed E-state index contributed by atoms with van der Waals surface area (Å²) in [5.74, 6) is -0.910. The molecule has 0 bridgehead atoms. The summed E-state index contributed by atoms with van der Waals surface area (Å²) in [4.78, 5) is 14.0. The molecule has 3 nitrogen and oxygen atoms in total. The largest absolute Gasteiger partial charge is 0.335 e. The second-order valence-corrected chi connectivity index (χ2v) is 4.35. The molecule has 0 fully saturated rings. The summed E-state index contributed by atoms with van der Waals surface area (Å²) in [6.07, 6.45) is 1.68. The second-order valence-electron chi connectivity index (χ2n) is 4.35. The van der Waals surface area contributed by atoms with Crippen molar-refractivity contribution in [1.29, 1.82) is 5.26 Å². The average molecular weight is 242 g/mol. The number of carbonyl (C=O) groups excluding carboxylic acids is 1. The number of hydrogen-bond acceptors (Lipinski definition) is 2. The topological polar surface area (TPSA) is 44.1 Å². The van der Waals surface area contributed by atoms with Crippen molar-refractivity contribution in [3.8, 4) is 6.07 Å². The van der Waals surface area contributed by atoms with Crippen LogP contribution in [0, 0.1) is 11.3 Å². The fourth-order valence-corrected chi connectivity index (χ4v) is 1.78. The Morgan fingerprint density at radius 3 is 2.50 bits per heavy atom. The fourth-order valence-electron chi connectivity index (χ4n) is 1.78. The first-order valence-corrected chi connectivity index (χ1v) is 5.97. The van der Waals surface area contributed by atoms with Gasteiger partial charge in [-0.1, -0.05) is 36.4 Å². The van der Waals surface area contributed by atoms with Crippen LogP contribution in [0.2, 0.25) is 0 Å². The fraction of sp³-hybridized carbons (Fsp3) is 0.333. The maximum Gasteiger partial charge on any atom is 0.244 e. The van der Waals surface area contributed by atoms with E-state index in [2.05, 4.69) is 12.6 Å². The lowest BCUT2D eigenvalue weighted by Crippen LogP contribution is -2.39. The number of nitriles is 1. The molecule has 1 rings (SSSR count). The molecule has 0 heterocycles. The van der Waals surface area contributed by atoms with E-state index in [0.29, 0.717) is 6.54 Å². The van der Waals surface area contributed by atoms with Crippen LogP contribution in [-0.4, -0.2) is 23.4 Å². The molecule has 3 heteroatoms. The quantitative estimate of drug-likeness (QED) is 0.745. The lowest BCUT2D eigenvalue weighted by atomic mass is 9.98. The van der Waals surface area contributed by atoms with Gasteiger partial charge in [-0.2, -0.15) is 5.26 Å². The van der Waals surface area contributed by atoms with Crippen molar-refractivity contribution in [2.24, 2.45) is 0 Å². The zero-order valence-corrected chi connectivity index (χ0v) is 10.8. The molecule has 0 spiro atoms. The minimum Gasteiger partial charge on any atom is -0.335 e. The van der Waals surface area contributed by atoms with Crippen LogP contribution >= 0.6 is 0 Å². The molecule has 0 aliphatic heterocycles. The number of amides is 1. The van der Waals surface area contributed by atoms with Gasteiger partial charge in [0.15, 0.2) is 0 Å². The van der Waals surface area contributed by atoms with Crippen molar-refractivity contribution in [1.82, 2.24) is 4.90 Å². The van der Waals surface area contributed by atoms with Crippen molar-refractivity contribution in [3.05, 3.63) is 48.6 Å². The summed E-state index contributed by atoms with van der Waals surface area (Å²) in [6, 6.07) is 11.3. The zero-order valence-electron chi connectivity index (χ0n) is 10.8. The standard InChI is InChI=1S/C15H18N2O/c1-4-10-17(12(2)3)15(18)14(11-16)13-8-6-5-7-9-13/h4-9,12,14H,1,10H2,2-3H3. The molecular weight excluding hydrogens is 224 g/mol. The Labute approximate surface area is 108 Å². The Morgan fingerprint density at radius 1 is 1.44 bits per heavy atom. The van der Waals surface area contributed by atoms with Crippen molar-refractivity contribution in [2.45, 2.75) is 25.8 Å².